The lowest BCUT2D eigenvalue weighted by molar-refractivity contribution is -0.134. The van der Waals surface area contributed by atoms with Crippen LogP contribution in [0.5, 0.6) is 0 Å². The van der Waals surface area contributed by atoms with Gasteiger partial charge in [-0.15, -0.1) is 0 Å². The SMILES string of the molecule is CC(=O)N(CC(=O)NCCc1ccccc1F)Cc1ccccc1Cl. The van der Waals surface area contributed by atoms with Crippen molar-refractivity contribution in [1.29, 1.82) is 0 Å². The first-order chi connectivity index (χ1) is 12.0. The fourth-order valence-corrected chi connectivity index (χ4v) is 2.57. The Kier molecular flexibility index (Phi) is 6.95. The number of carbonyl (C=O) groups is 2. The van der Waals surface area contributed by atoms with Gasteiger partial charge in [0.05, 0.1) is 6.54 Å². The van der Waals surface area contributed by atoms with Crippen LogP contribution in [-0.2, 0) is 22.6 Å². The molecular weight excluding hydrogens is 343 g/mol. The molecule has 0 saturated heterocycles. The van der Waals surface area contributed by atoms with E-state index in [0.717, 1.165) is 5.56 Å². The van der Waals surface area contributed by atoms with E-state index in [0.29, 0.717) is 23.6 Å². The van der Waals surface area contributed by atoms with E-state index in [1.807, 2.05) is 12.1 Å². The molecule has 0 aliphatic rings. The second kappa shape index (κ2) is 9.18. The third kappa shape index (κ3) is 5.87. The van der Waals surface area contributed by atoms with Gasteiger partial charge in [-0.1, -0.05) is 48.0 Å². The molecule has 6 heteroatoms. The van der Waals surface area contributed by atoms with E-state index in [4.69, 9.17) is 11.6 Å². The Bertz CT molecular complexity index is 752. The zero-order chi connectivity index (χ0) is 18.2. The molecule has 4 nitrogen and oxygen atoms in total. The van der Waals surface area contributed by atoms with Gasteiger partial charge in [-0.25, -0.2) is 4.39 Å². The van der Waals surface area contributed by atoms with E-state index in [1.54, 1.807) is 30.3 Å². The van der Waals surface area contributed by atoms with Crippen LogP contribution in [0.1, 0.15) is 18.1 Å². The van der Waals surface area contributed by atoms with Crippen LogP contribution in [0.25, 0.3) is 0 Å². The lowest BCUT2D eigenvalue weighted by Crippen LogP contribution is -2.40. The highest BCUT2D eigenvalue weighted by Gasteiger charge is 2.15. The van der Waals surface area contributed by atoms with Crippen molar-refractivity contribution in [3.05, 3.63) is 70.5 Å². The monoisotopic (exact) mass is 362 g/mol. The minimum Gasteiger partial charge on any atom is -0.354 e. The molecule has 0 aromatic heterocycles. The summed E-state index contributed by atoms with van der Waals surface area (Å²) in [6.45, 7) is 1.90. The molecule has 2 amide bonds. The predicted molar refractivity (Wildman–Crippen MR) is 95.7 cm³/mol. The van der Waals surface area contributed by atoms with Crippen LogP contribution in [0, 0.1) is 5.82 Å². The van der Waals surface area contributed by atoms with Crippen molar-refractivity contribution >= 4 is 23.4 Å². The fraction of sp³-hybridized carbons (Fsp3) is 0.263. The summed E-state index contributed by atoms with van der Waals surface area (Å²) >= 11 is 6.10. The number of amides is 2. The van der Waals surface area contributed by atoms with E-state index < -0.39 is 0 Å². The maximum Gasteiger partial charge on any atom is 0.239 e. The summed E-state index contributed by atoms with van der Waals surface area (Å²) < 4.78 is 13.5. The number of hydrogen-bond acceptors (Lipinski definition) is 2. The molecule has 0 saturated carbocycles. The van der Waals surface area contributed by atoms with Crippen molar-refractivity contribution in [3.8, 4) is 0 Å². The highest BCUT2D eigenvalue weighted by molar-refractivity contribution is 6.31. The van der Waals surface area contributed by atoms with E-state index in [1.165, 1.54) is 17.9 Å². The highest BCUT2D eigenvalue weighted by Crippen LogP contribution is 2.17. The topological polar surface area (TPSA) is 49.4 Å². The molecule has 0 heterocycles. The molecule has 2 aromatic rings. The largest absolute Gasteiger partial charge is 0.354 e. The van der Waals surface area contributed by atoms with Crippen LogP contribution in [-0.4, -0.2) is 29.8 Å². The summed E-state index contributed by atoms with van der Waals surface area (Å²) in [6.07, 6.45) is 0.392. The smallest absolute Gasteiger partial charge is 0.239 e. The molecular formula is C19H20ClFN2O2. The second-order valence-electron chi connectivity index (χ2n) is 5.66. The third-order valence-electron chi connectivity index (χ3n) is 3.77. The normalized spacial score (nSPS) is 10.4. The summed E-state index contributed by atoms with van der Waals surface area (Å²) in [5.74, 6) is -0.802. The number of carbonyl (C=O) groups excluding carboxylic acids is 2. The van der Waals surface area contributed by atoms with Gasteiger partial charge in [-0.05, 0) is 29.7 Å². The van der Waals surface area contributed by atoms with E-state index in [2.05, 4.69) is 5.32 Å². The maximum atomic E-state index is 13.5. The number of nitrogens with one attached hydrogen (secondary N) is 1. The number of rotatable bonds is 7. The summed E-state index contributed by atoms with van der Waals surface area (Å²) in [5.41, 5.74) is 1.32. The van der Waals surface area contributed by atoms with Crippen LogP contribution in [0.15, 0.2) is 48.5 Å². The molecule has 0 bridgehead atoms. The summed E-state index contributed by atoms with van der Waals surface area (Å²) in [5, 5.41) is 3.26. The molecule has 0 unspecified atom stereocenters. The number of halogens is 2. The van der Waals surface area contributed by atoms with Gasteiger partial charge in [0.25, 0.3) is 0 Å². The van der Waals surface area contributed by atoms with Crippen molar-refractivity contribution in [3.63, 3.8) is 0 Å². The standard InChI is InChI=1S/C19H20ClFN2O2/c1-14(24)23(12-16-7-2-4-8-17(16)20)13-19(25)22-11-10-15-6-3-5-9-18(15)21/h2-9H,10-13H2,1H3,(H,22,25). The van der Waals surface area contributed by atoms with Crippen molar-refractivity contribution in [2.24, 2.45) is 0 Å². The Morgan fingerprint density at radius 3 is 2.36 bits per heavy atom. The average Bonchev–Trinajstić information content (AvgIpc) is 2.58. The summed E-state index contributed by atoms with van der Waals surface area (Å²) in [7, 11) is 0. The Hall–Kier alpha value is -2.40. The first-order valence-corrected chi connectivity index (χ1v) is 8.34. The zero-order valence-corrected chi connectivity index (χ0v) is 14.7. The lowest BCUT2D eigenvalue weighted by Gasteiger charge is -2.21. The Morgan fingerprint density at radius 1 is 1.08 bits per heavy atom. The predicted octanol–water partition coefficient (Wildman–Crippen LogP) is 3.19. The van der Waals surface area contributed by atoms with E-state index >= 15 is 0 Å². The van der Waals surface area contributed by atoms with Crippen molar-refractivity contribution in [2.75, 3.05) is 13.1 Å². The van der Waals surface area contributed by atoms with Crippen LogP contribution in [0.3, 0.4) is 0 Å². The first kappa shape index (κ1) is 18.9. The van der Waals surface area contributed by atoms with Crippen LogP contribution < -0.4 is 5.32 Å². The van der Waals surface area contributed by atoms with Crippen LogP contribution >= 0.6 is 11.6 Å². The van der Waals surface area contributed by atoms with Crippen LogP contribution in [0.4, 0.5) is 4.39 Å². The number of nitrogens with zero attached hydrogens (tertiary/aromatic N) is 1. The minimum absolute atomic E-state index is 0.0716. The molecule has 2 aromatic carbocycles. The molecule has 0 aliphatic carbocycles. The van der Waals surface area contributed by atoms with Gasteiger partial charge in [0.1, 0.15) is 5.82 Å². The molecule has 132 valence electrons. The van der Waals surface area contributed by atoms with Gasteiger partial charge in [0, 0.05) is 25.0 Å². The van der Waals surface area contributed by atoms with Gasteiger partial charge < -0.3 is 10.2 Å². The van der Waals surface area contributed by atoms with E-state index in [9.17, 15) is 14.0 Å². The molecule has 1 N–H and O–H groups in total. The average molecular weight is 363 g/mol. The molecule has 2 rings (SSSR count). The molecule has 0 radical (unpaired) electrons. The van der Waals surface area contributed by atoms with Crippen molar-refractivity contribution in [2.45, 2.75) is 19.9 Å². The minimum atomic E-state index is -0.293. The first-order valence-electron chi connectivity index (χ1n) is 7.96. The number of benzene rings is 2. The van der Waals surface area contributed by atoms with Gasteiger partial charge in [0.2, 0.25) is 11.8 Å². The quantitative estimate of drug-likeness (QED) is 0.822. The second-order valence-corrected chi connectivity index (χ2v) is 6.07. The Morgan fingerprint density at radius 2 is 1.72 bits per heavy atom. The van der Waals surface area contributed by atoms with Crippen molar-refractivity contribution in [1.82, 2.24) is 10.2 Å². The summed E-state index contributed by atoms with van der Waals surface area (Å²) in [4.78, 5) is 25.3. The summed E-state index contributed by atoms with van der Waals surface area (Å²) in [6, 6.07) is 13.6. The van der Waals surface area contributed by atoms with Gasteiger partial charge in [-0.2, -0.15) is 0 Å². The van der Waals surface area contributed by atoms with Gasteiger partial charge >= 0.3 is 0 Å². The van der Waals surface area contributed by atoms with Crippen LogP contribution in [0.2, 0.25) is 5.02 Å². The third-order valence-corrected chi connectivity index (χ3v) is 4.14. The maximum absolute atomic E-state index is 13.5. The zero-order valence-electron chi connectivity index (χ0n) is 14.0. The molecule has 0 aliphatic heterocycles. The molecule has 0 spiro atoms. The Labute approximate surface area is 151 Å². The molecule has 25 heavy (non-hydrogen) atoms. The molecule has 0 atom stereocenters. The highest BCUT2D eigenvalue weighted by atomic mass is 35.5. The van der Waals surface area contributed by atoms with Gasteiger partial charge in [-0.3, -0.25) is 9.59 Å². The fourth-order valence-electron chi connectivity index (χ4n) is 2.38. The van der Waals surface area contributed by atoms with Crippen molar-refractivity contribution < 1.29 is 14.0 Å². The lowest BCUT2D eigenvalue weighted by atomic mass is 10.1. The van der Waals surface area contributed by atoms with Gasteiger partial charge in [0.15, 0.2) is 0 Å². The van der Waals surface area contributed by atoms with E-state index in [-0.39, 0.29) is 30.7 Å². The Balaban J connectivity index is 1.87. The number of hydrogen-bond donors (Lipinski definition) is 1. The molecule has 0 fully saturated rings.